The zero-order valence-electron chi connectivity index (χ0n) is 16.9. The largest absolute Gasteiger partial charge is 0.497 e. The van der Waals surface area contributed by atoms with Crippen molar-refractivity contribution in [1.29, 1.82) is 5.26 Å². The Balaban J connectivity index is 1.45. The second kappa shape index (κ2) is 8.71. The van der Waals surface area contributed by atoms with E-state index >= 15 is 0 Å². The molecule has 4 rings (SSSR count). The van der Waals surface area contributed by atoms with Crippen LogP contribution in [-0.2, 0) is 4.79 Å². The van der Waals surface area contributed by atoms with E-state index in [1.807, 2.05) is 66.7 Å². The lowest BCUT2D eigenvalue weighted by Gasteiger charge is -2.36. The summed E-state index contributed by atoms with van der Waals surface area (Å²) in [7, 11) is 1.65. The maximum atomic E-state index is 12.9. The summed E-state index contributed by atoms with van der Waals surface area (Å²) in [5.41, 5.74) is 2.13. The number of rotatable bonds is 4. The lowest BCUT2D eigenvalue weighted by Crippen LogP contribution is -2.49. The first-order chi connectivity index (χ1) is 14.7. The van der Waals surface area contributed by atoms with Gasteiger partial charge in [-0.2, -0.15) is 5.26 Å². The van der Waals surface area contributed by atoms with Crippen LogP contribution in [0.25, 0.3) is 16.8 Å². The van der Waals surface area contributed by atoms with Crippen LogP contribution in [-0.4, -0.2) is 44.1 Å². The number of piperazine rings is 1. The fourth-order valence-corrected chi connectivity index (χ4v) is 3.74. The van der Waals surface area contributed by atoms with Crippen molar-refractivity contribution in [3.8, 4) is 11.8 Å². The number of anilines is 1. The number of methoxy groups -OCH3 is 1. The Kier molecular flexibility index (Phi) is 5.67. The average Bonchev–Trinajstić information content (AvgIpc) is 2.82. The van der Waals surface area contributed by atoms with Gasteiger partial charge in [-0.1, -0.05) is 36.4 Å². The van der Waals surface area contributed by atoms with Gasteiger partial charge in [-0.3, -0.25) is 4.79 Å². The highest BCUT2D eigenvalue weighted by Gasteiger charge is 2.24. The molecule has 0 atom stereocenters. The lowest BCUT2D eigenvalue weighted by molar-refractivity contribution is -0.126. The SMILES string of the molecule is COc1ccc(N2CCN(C(=O)/C(C#N)=C/c3ccc4ccccc4c3)CC2)cc1. The van der Waals surface area contributed by atoms with Crippen LogP contribution in [0.15, 0.2) is 72.3 Å². The average molecular weight is 397 g/mol. The number of nitrogens with zero attached hydrogens (tertiary/aromatic N) is 3. The molecule has 0 saturated carbocycles. The van der Waals surface area contributed by atoms with E-state index in [-0.39, 0.29) is 11.5 Å². The van der Waals surface area contributed by atoms with Gasteiger partial charge < -0.3 is 14.5 Å². The second-order valence-corrected chi connectivity index (χ2v) is 7.25. The van der Waals surface area contributed by atoms with Gasteiger partial charge in [0, 0.05) is 31.9 Å². The Morgan fingerprint density at radius 1 is 0.967 bits per heavy atom. The van der Waals surface area contributed by atoms with E-state index in [4.69, 9.17) is 4.74 Å². The minimum Gasteiger partial charge on any atom is -0.497 e. The van der Waals surface area contributed by atoms with Crippen molar-refractivity contribution in [1.82, 2.24) is 4.90 Å². The van der Waals surface area contributed by atoms with Gasteiger partial charge in [-0.15, -0.1) is 0 Å². The molecule has 0 radical (unpaired) electrons. The minimum atomic E-state index is -0.208. The van der Waals surface area contributed by atoms with Crippen LogP contribution >= 0.6 is 0 Å². The number of nitriles is 1. The quantitative estimate of drug-likeness (QED) is 0.491. The predicted molar refractivity (Wildman–Crippen MR) is 119 cm³/mol. The van der Waals surface area contributed by atoms with Gasteiger partial charge in [0.25, 0.3) is 5.91 Å². The maximum Gasteiger partial charge on any atom is 0.264 e. The molecular formula is C25H23N3O2. The second-order valence-electron chi connectivity index (χ2n) is 7.25. The summed E-state index contributed by atoms with van der Waals surface area (Å²) >= 11 is 0. The predicted octanol–water partition coefficient (Wildman–Crippen LogP) is 4.10. The van der Waals surface area contributed by atoms with Crippen LogP contribution in [0.3, 0.4) is 0 Å². The Morgan fingerprint density at radius 3 is 2.33 bits per heavy atom. The number of carbonyl (C=O) groups is 1. The molecule has 30 heavy (non-hydrogen) atoms. The molecule has 0 aromatic heterocycles. The van der Waals surface area contributed by atoms with Crippen molar-refractivity contribution in [2.75, 3.05) is 38.2 Å². The molecule has 0 unspecified atom stereocenters. The number of carbonyl (C=O) groups excluding carboxylic acids is 1. The van der Waals surface area contributed by atoms with E-state index < -0.39 is 0 Å². The molecule has 0 N–H and O–H groups in total. The van der Waals surface area contributed by atoms with Gasteiger partial charge in [0.15, 0.2) is 0 Å². The Labute approximate surface area is 176 Å². The topological polar surface area (TPSA) is 56.6 Å². The summed E-state index contributed by atoms with van der Waals surface area (Å²) in [6.45, 7) is 2.63. The van der Waals surface area contributed by atoms with Crippen molar-refractivity contribution < 1.29 is 9.53 Å². The Hall–Kier alpha value is -3.78. The molecule has 150 valence electrons. The molecule has 0 spiro atoms. The third kappa shape index (κ3) is 4.13. The van der Waals surface area contributed by atoms with E-state index in [9.17, 15) is 10.1 Å². The van der Waals surface area contributed by atoms with Gasteiger partial charge in [-0.25, -0.2) is 0 Å². The van der Waals surface area contributed by atoms with Gasteiger partial charge >= 0.3 is 0 Å². The molecule has 1 saturated heterocycles. The van der Waals surface area contributed by atoms with Crippen LogP contribution < -0.4 is 9.64 Å². The van der Waals surface area contributed by atoms with Crippen molar-refractivity contribution >= 4 is 28.4 Å². The zero-order chi connectivity index (χ0) is 20.9. The van der Waals surface area contributed by atoms with E-state index in [1.165, 1.54) is 0 Å². The first kappa shape index (κ1) is 19.5. The molecule has 1 fully saturated rings. The van der Waals surface area contributed by atoms with E-state index in [0.717, 1.165) is 40.9 Å². The van der Waals surface area contributed by atoms with E-state index in [1.54, 1.807) is 18.1 Å². The van der Waals surface area contributed by atoms with Crippen LogP contribution in [0.2, 0.25) is 0 Å². The highest BCUT2D eigenvalue weighted by molar-refractivity contribution is 6.02. The van der Waals surface area contributed by atoms with Crippen LogP contribution in [0.5, 0.6) is 5.75 Å². The number of hydrogen-bond donors (Lipinski definition) is 0. The fourth-order valence-electron chi connectivity index (χ4n) is 3.74. The molecular weight excluding hydrogens is 374 g/mol. The molecule has 1 aliphatic rings. The van der Waals surface area contributed by atoms with Crippen LogP contribution in [0.4, 0.5) is 5.69 Å². The molecule has 0 bridgehead atoms. The summed E-state index contributed by atoms with van der Waals surface area (Å²) in [5.74, 6) is 0.616. The molecule has 3 aromatic carbocycles. The fraction of sp³-hybridized carbons (Fsp3) is 0.200. The standard InChI is InChI=1S/C25H23N3O2/c1-30-24-10-8-23(9-11-24)27-12-14-28(15-13-27)25(29)22(18-26)17-19-6-7-20-4-2-3-5-21(20)16-19/h2-11,16-17H,12-15H2,1H3/b22-17+. The summed E-state index contributed by atoms with van der Waals surface area (Å²) in [6, 6.07) is 24.0. The first-order valence-electron chi connectivity index (χ1n) is 9.97. The number of fused-ring (bicyclic) bond motifs is 1. The van der Waals surface area contributed by atoms with Gasteiger partial charge in [-0.05, 0) is 52.7 Å². The van der Waals surface area contributed by atoms with Crippen molar-refractivity contribution in [2.24, 2.45) is 0 Å². The number of amides is 1. The molecule has 5 nitrogen and oxygen atoms in total. The van der Waals surface area contributed by atoms with Crippen molar-refractivity contribution in [3.05, 3.63) is 77.9 Å². The van der Waals surface area contributed by atoms with Crippen molar-refractivity contribution in [2.45, 2.75) is 0 Å². The van der Waals surface area contributed by atoms with Crippen LogP contribution in [0.1, 0.15) is 5.56 Å². The Bertz CT molecular complexity index is 1120. The van der Waals surface area contributed by atoms with E-state index in [2.05, 4.69) is 11.0 Å². The minimum absolute atomic E-state index is 0.170. The maximum absolute atomic E-state index is 12.9. The summed E-state index contributed by atoms with van der Waals surface area (Å²) < 4.78 is 5.21. The summed E-state index contributed by atoms with van der Waals surface area (Å²) in [5, 5.41) is 11.8. The number of ether oxygens (including phenoxy) is 1. The molecule has 3 aromatic rings. The molecule has 1 aliphatic heterocycles. The highest BCUT2D eigenvalue weighted by atomic mass is 16.5. The van der Waals surface area contributed by atoms with Gasteiger partial charge in [0.2, 0.25) is 0 Å². The summed E-state index contributed by atoms with van der Waals surface area (Å²) in [4.78, 5) is 16.9. The number of hydrogen-bond acceptors (Lipinski definition) is 4. The molecule has 5 heteroatoms. The van der Waals surface area contributed by atoms with Crippen LogP contribution in [0, 0.1) is 11.3 Å². The number of benzene rings is 3. The molecule has 1 heterocycles. The molecule has 1 amide bonds. The third-order valence-corrected chi connectivity index (χ3v) is 5.44. The van der Waals surface area contributed by atoms with Gasteiger partial charge in [0.05, 0.1) is 7.11 Å². The normalized spacial score (nSPS) is 14.5. The monoisotopic (exact) mass is 397 g/mol. The van der Waals surface area contributed by atoms with Crippen molar-refractivity contribution in [3.63, 3.8) is 0 Å². The third-order valence-electron chi connectivity index (χ3n) is 5.44. The van der Waals surface area contributed by atoms with Gasteiger partial charge in [0.1, 0.15) is 17.4 Å². The van der Waals surface area contributed by atoms with E-state index in [0.29, 0.717) is 13.1 Å². The highest BCUT2D eigenvalue weighted by Crippen LogP contribution is 2.22. The first-order valence-corrected chi connectivity index (χ1v) is 9.97. The smallest absolute Gasteiger partial charge is 0.264 e. The molecule has 0 aliphatic carbocycles. The zero-order valence-corrected chi connectivity index (χ0v) is 16.9. The Morgan fingerprint density at radius 2 is 1.67 bits per heavy atom. The lowest BCUT2D eigenvalue weighted by atomic mass is 10.0. The summed E-state index contributed by atoms with van der Waals surface area (Å²) in [6.07, 6.45) is 1.69.